The van der Waals surface area contributed by atoms with Crippen molar-refractivity contribution < 1.29 is 23.1 Å². The van der Waals surface area contributed by atoms with Crippen molar-refractivity contribution in [2.75, 3.05) is 0 Å². The molecule has 0 aliphatic heterocycles. The Balaban J connectivity index is 1.65. The molecule has 0 bridgehead atoms. The lowest BCUT2D eigenvalue weighted by molar-refractivity contribution is -0.137. The van der Waals surface area contributed by atoms with Gasteiger partial charge in [0.05, 0.1) is 12.2 Å². The van der Waals surface area contributed by atoms with E-state index in [0.717, 1.165) is 17.2 Å². The second kappa shape index (κ2) is 9.39. The summed E-state index contributed by atoms with van der Waals surface area (Å²) in [5.41, 5.74) is 2.15. The molecule has 150 valence electrons. The second-order valence-electron chi connectivity index (χ2n) is 6.48. The van der Waals surface area contributed by atoms with Crippen LogP contribution in [0.15, 0.2) is 78.0 Å². The number of alkyl halides is 3. The minimum atomic E-state index is -4.47. The molecule has 0 spiro atoms. The van der Waals surface area contributed by atoms with Crippen molar-refractivity contribution in [3.05, 3.63) is 95.1 Å². The van der Waals surface area contributed by atoms with Gasteiger partial charge >= 0.3 is 6.18 Å². The first-order valence-electron chi connectivity index (χ1n) is 9.05. The summed E-state index contributed by atoms with van der Waals surface area (Å²) in [4.78, 5) is 5.16. The Hall–Kier alpha value is -3.12. The van der Waals surface area contributed by atoms with E-state index in [2.05, 4.69) is 5.16 Å². The van der Waals surface area contributed by atoms with Gasteiger partial charge in [0.25, 0.3) is 0 Å². The number of aliphatic hydroxyl groups excluding tert-OH is 1. The van der Waals surface area contributed by atoms with Gasteiger partial charge in [0.2, 0.25) is 0 Å². The monoisotopic (exact) mass is 399 g/mol. The lowest BCUT2D eigenvalue weighted by atomic mass is 9.97. The van der Waals surface area contributed by atoms with Gasteiger partial charge in [0.15, 0.2) is 0 Å². The summed E-state index contributed by atoms with van der Waals surface area (Å²) in [5, 5.41) is 12.8. The Morgan fingerprint density at radius 3 is 2.17 bits per heavy atom. The van der Waals surface area contributed by atoms with E-state index < -0.39 is 11.7 Å². The maximum Gasteiger partial charge on any atom is 0.417 e. The van der Waals surface area contributed by atoms with E-state index in [1.165, 1.54) is 6.07 Å². The smallest absolute Gasteiger partial charge is 0.392 e. The molecule has 0 aromatic heterocycles. The van der Waals surface area contributed by atoms with Crippen LogP contribution in [0, 0.1) is 0 Å². The highest BCUT2D eigenvalue weighted by Crippen LogP contribution is 2.37. The van der Waals surface area contributed by atoms with Crippen LogP contribution in [0.25, 0.3) is 11.1 Å². The summed E-state index contributed by atoms with van der Waals surface area (Å²) in [6.45, 7) is -0.0709. The van der Waals surface area contributed by atoms with Gasteiger partial charge in [0.1, 0.15) is 6.61 Å². The molecule has 0 heterocycles. The number of aliphatic hydroxyl groups is 1. The molecule has 3 rings (SSSR count). The molecule has 0 amide bonds. The number of hydrogen-bond acceptors (Lipinski definition) is 3. The predicted octanol–water partition coefficient (Wildman–Crippen LogP) is 5.61. The zero-order chi connectivity index (χ0) is 20.7. The number of rotatable bonds is 7. The van der Waals surface area contributed by atoms with Crippen molar-refractivity contribution in [1.82, 2.24) is 0 Å². The van der Waals surface area contributed by atoms with Gasteiger partial charge in [-0.05, 0) is 33.9 Å². The lowest BCUT2D eigenvalue weighted by Crippen LogP contribution is -2.08. The first-order chi connectivity index (χ1) is 14.0. The molecule has 29 heavy (non-hydrogen) atoms. The van der Waals surface area contributed by atoms with E-state index in [4.69, 9.17) is 9.94 Å². The summed E-state index contributed by atoms with van der Waals surface area (Å²) >= 11 is 0. The maximum atomic E-state index is 13.5. The average molecular weight is 399 g/mol. The molecule has 1 N–H and O–H groups in total. The Bertz CT molecular complexity index is 952. The summed E-state index contributed by atoms with van der Waals surface area (Å²) < 4.78 is 40.5. The fraction of sp³-hybridized carbons (Fsp3) is 0.174. The molecule has 3 nitrogen and oxygen atoms in total. The molecule has 0 atom stereocenters. The molecule has 3 aromatic rings. The van der Waals surface area contributed by atoms with Gasteiger partial charge in [-0.25, -0.2) is 0 Å². The van der Waals surface area contributed by atoms with Crippen LogP contribution in [0.5, 0.6) is 0 Å². The zero-order valence-corrected chi connectivity index (χ0v) is 15.6. The van der Waals surface area contributed by atoms with Crippen LogP contribution in [-0.2, 0) is 30.6 Å². The van der Waals surface area contributed by atoms with Crippen LogP contribution in [0.1, 0.15) is 22.3 Å². The van der Waals surface area contributed by atoms with E-state index in [1.54, 1.807) is 42.6 Å². The zero-order valence-electron chi connectivity index (χ0n) is 15.6. The molecule has 0 aliphatic rings. The first kappa shape index (κ1) is 20.6. The van der Waals surface area contributed by atoms with E-state index in [1.807, 2.05) is 24.3 Å². The minimum Gasteiger partial charge on any atom is -0.392 e. The van der Waals surface area contributed by atoms with Crippen LogP contribution in [0.2, 0.25) is 0 Å². The predicted molar refractivity (Wildman–Crippen MR) is 106 cm³/mol. The highest BCUT2D eigenvalue weighted by molar-refractivity contribution is 5.68. The standard InChI is InChI=1S/C23H20F3NO2/c24-23(25,26)22-14-19(10-11-21(22)20-4-2-1-3-5-20)16-29-27-13-12-17-6-8-18(15-28)9-7-17/h1-11,13-14,28H,12,15-16H2. The van der Waals surface area contributed by atoms with Crippen LogP contribution in [0.4, 0.5) is 13.2 Å². The third-order valence-corrected chi connectivity index (χ3v) is 4.39. The number of halogens is 3. The average Bonchev–Trinajstić information content (AvgIpc) is 2.74. The highest BCUT2D eigenvalue weighted by atomic mass is 19.4. The van der Waals surface area contributed by atoms with Gasteiger partial charge in [-0.2, -0.15) is 13.2 Å². The summed E-state index contributed by atoms with van der Waals surface area (Å²) in [6.07, 6.45) is -2.39. The van der Waals surface area contributed by atoms with E-state index >= 15 is 0 Å². The molecule has 0 saturated heterocycles. The second-order valence-corrected chi connectivity index (χ2v) is 6.48. The van der Waals surface area contributed by atoms with Gasteiger partial charge in [-0.15, -0.1) is 0 Å². The van der Waals surface area contributed by atoms with E-state index in [9.17, 15) is 13.2 Å². The Kier molecular flexibility index (Phi) is 6.67. The Morgan fingerprint density at radius 2 is 1.52 bits per heavy atom. The quantitative estimate of drug-likeness (QED) is 0.414. The van der Waals surface area contributed by atoms with Crippen molar-refractivity contribution in [3.63, 3.8) is 0 Å². The van der Waals surface area contributed by atoms with Crippen LogP contribution in [0.3, 0.4) is 0 Å². The fourth-order valence-corrected chi connectivity index (χ4v) is 2.87. The SMILES string of the molecule is OCc1ccc(CC=NOCc2ccc(-c3ccccc3)c(C(F)(F)F)c2)cc1. The van der Waals surface area contributed by atoms with E-state index in [-0.39, 0.29) is 18.8 Å². The number of oxime groups is 1. The molecule has 0 saturated carbocycles. The lowest BCUT2D eigenvalue weighted by Gasteiger charge is -2.14. The third kappa shape index (κ3) is 5.68. The Labute approximate surface area is 167 Å². The van der Waals surface area contributed by atoms with Crippen molar-refractivity contribution in [1.29, 1.82) is 0 Å². The van der Waals surface area contributed by atoms with E-state index in [0.29, 0.717) is 17.5 Å². The molecule has 0 radical (unpaired) electrons. The largest absolute Gasteiger partial charge is 0.417 e. The van der Waals surface area contributed by atoms with Crippen molar-refractivity contribution >= 4 is 6.21 Å². The normalized spacial score (nSPS) is 11.7. The highest BCUT2D eigenvalue weighted by Gasteiger charge is 2.33. The third-order valence-electron chi connectivity index (χ3n) is 4.39. The molecular weight excluding hydrogens is 379 g/mol. The minimum absolute atomic E-state index is 0.0134. The van der Waals surface area contributed by atoms with Crippen LogP contribution in [-0.4, -0.2) is 11.3 Å². The maximum absolute atomic E-state index is 13.5. The van der Waals surface area contributed by atoms with Crippen LogP contribution >= 0.6 is 0 Å². The van der Waals surface area contributed by atoms with Crippen molar-refractivity contribution in [2.24, 2.45) is 5.16 Å². The van der Waals surface area contributed by atoms with Gasteiger partial charge in [-0.1, -0.05) is 71.9 Å². The molecular formula is C23H20F3NO2. The number of hydrogen-bond donors (Lipinski definition) is 1. The molecule has 3 aromatic carbocycles. The van der Waals surface area contributed by atoms with Crippen LogP contribution < -0.4 is 0 Å². The van der Waals surface area contributed by atoms with Gasteiger partial charge in [-0.3, -0.25) is 0 Å². The summed E-state index contributed by atoms with van der Waals surface area (Å²) in [7, 11) is 0. The molecule has 0 unspecified atom stereocenters. The molecule has 0 fully saturated rings. The van der Waals surface area contributed by atoms with Crippen molar-refractivity contribution in [3.8, 4) is 11.1 Å². The Morgan fingerprint density at radius 1 is 0.862 bits per heavy atom. The first-order valence-corrected chi connectivity index (χ1v) is 9.05. The summed E-state index contributed by atoms with van der Waals surface area (Å²) in [5.74, 6) is 0. The molecule has 0 aliphatic carbocycles. The molecule has 6 heteroatoms. The van der Waals surface area contributed by atoms with Gasteiger partial charge in [0, 0.05) is 12.6 Å². The van der Waals surface area contributed by atoms with Crippen molar-refractivity contribution in [2.45, 2.75) is 25.8 Å². The number of nitrogens with zero attached hydrogens (tertiary/aromatic N) is 1. The fourth-order valence-electron chi connectivity index (χ4n) is 2.87. The van der Waals surface area contributed by atoms with Gasteiger partial charge < -0.3 is 9.94 Å². The number of benzene rings is 3. The topological polar surface area (TPSA) is 41.8 Å². The summed E-state index contributed by atoms with van der Waals surface area (Å²) in [6, 6.07) is 20.0.